The van der Waals surface area contributed by atoms with Gasteiger partial charge in [0, 0.05) is 5.56 Å². The van der Waals surface area contributed by atoms with Crippen molar-refractivity contribution in [3.8, 4) is 17.2 Å². The molecule has 0 aliphatic heterocycles. The molecule has 0 bridgehead atoms. The molecule has 3 rings (SSSR count). The van der Waals surface area contributed by atoms with Crippen LogP contribution >= 0.6 is 11.6 Å². The van der Waals surface area contributed by atoms with Crippen molar-refractivity contribution < 1.29 is 14.3 Å². The third-order valence-electron chi connectivity index (χ3n) is 3.45. The van der Waals surface area contributed by atoms with E-state index in [1.807, 2.05) is 0 Å². The summed E-state index contributed by atoms with van der Waals surface area (Å²) >= 11 is 6.05. The van der Waals surface area contributed by atoms with Crippen molar-refractivity contribution >= 4 is 22.6 Å². The number of hydrogen-bond donors (Lipinski definition) is 1. The summed E-state index contributed by atoms with van der Waals surface area (Å²) in [5, 5.41) is 10.5. The van der Waals surface area contributed by atoms with Gasteiger partial charge in [-0.2, -0.15) is 0 Å². The maximum Gasteiger partial charge on any atom is 0.235 e. The maximum absolute atomic E-state index is 12.6. The van der Waals surface area contributed by atoms with Crippen LogP contribution in [0, 0.1) is 13.8 Å². The summed E-state index contributed by atoms with van der Waals surface area (Å²) in [5.41, 5.74) is 0.567. The quantitative estimate of drug-likeness (QED) is 0.753. The number of hydrogen-bond acceptors (Lipinski definition) is 4. The van der Waals surface area contributed by atoms with Gasteiger partial charge in [0.1, 0.15) is 22.8 Å². The summed E-state index contributed by atoms with van der Waals surface area (Å²) in [7, 11) is 0. The Morgan fingerprint density at radius 1 is 1.14 bits per heavy atom. The van der Waals surface area contributed by atoms with E-state index >= 15 is 0 Å². The van der Waals surface area contributed by atoms with E-state index in [4.69, 9.17) is 20.8 Å². The fourth-order valence-electron chi connectivity index (χ4n) is 2.23. The molecule has 112 valence electrons. The van der Waals surface area contributed by atoms with Crippen molar-refractivity contribution in [3.63, 3.8) is 0 Å². The van der Waals surface area contributed by atoms with Crippen molar-refractivity contribution in [2.45, 2.75) is 13.8 Å². The number of phenols is 1. The van der Waals surface area contributed by atoms with Gasteiger partial charge in [0.2, 0.25) is 11.2 Å². The minimum atomic E-state index is -0.304. The fraction of sp³-hybridized carbons (Fsp3) is 0.118. The van der Waals surface area contributed by atoms with Crippen LogP contribution in [-0.2, 0) is 0 Å². The van der Waals surface area contributed by atoms with Crippen LogP contribution in [0.4, 0.5) is 0 Å². The molecule has 22 heavy (non-hydrogen) atoms. The lowest BCUT2D eigenvalue weighted by Gasteiger charge is -2.11. The summed E-state index contributed by atoms with van der Waals surface area (Å²) in [6.45, 7) is 3.32. The molecule has 2 aromatic carbocycles. The Balaban J connectivity index is 2.22. The average molecular weight is 317 g/mol. The average Bonchev–Trinajstić information content (AvgIpc) is 2.49. The molecule has 0 atom stereocenters. The normalized spacial score (nSPS) is 10.9. The van der Waals surface area contributed by atoms with Gasteiger partial charge in [0.05, 0.1) is 10.4 Å². The standard InChI is InChI=1S/C17H13ClO4/c1-9-13(19)8-7-11-15(20)17(10(2)21-16(9)11)22-14-6-4-3-5-12(14)18/h3-8,19H,1-2H3. The molecular weight excluding hydrogens is 304 g/mol. The van der Waals surface area contributed by atoms with Crippen LogP contribution in [0.5, 0.6) is 17.2 Å². The minimum Gasteiger partial charge on any atom is -0.508 e. The Labute approximate surface area is 131 Å². The Morgan fingerprint density at radius 3 is 2.59 bits per heavy atom. The molecule has 4 nitrogen and oxygen atoms in total. The number of phenolic OH excluding ortho intramolecular Hbond substituents is 1. The molecule has 1 heterocycles. The van der Waals surface area contributed by atoms with Gasteiger partial charge in [-0.05, 0) is 38.1 Å². The van der Waals surface area contributed by atoms with E-state index in [1.54, 1.807) is 38.1 Å². The number of para-hydroxylation sites is 1. The molecule has 5 heteroatoms. The van der Waals surface area contributed by atoms with Crippen molar-refractivity contribution in [2.24, 2.45) is 0 Å². The van der Waals surface area contributed by atoms with Crippen LogP contribution in [0.15, 0.2) is 45.6 Å². The number of benzene rings is 2. The molecule has 0 aliphatic rings. The predicted molar refractivity (Wildman–Crippen MR) is 85.1 cm³/mol. The van der Waals surface area contributed by atoms with E-state index in [9.17, 15) is 9.90 Å². The highest BCUT2D eigenvalue weighted by Gasteiger charge is 2.17. The molecule has 1 N–H and O–H groups in total. The summed E-state index contributed by atoms with van der Waals surface area (Å²) < 4.78 is 11.3. The summed E-state index contributed by atoms with van der Waals surface area (Å²) in [5.74, 6) is 0.876. The summed E-state index contributed by atoms with van der Waals surface area (Å²) in [6, 6.07) is 9.87. The number of aromatic hydroxyl groups is 1. The molecule has 0 saturated carbocycles. The number of fused-ring (bicyclic) bond motifs is 1. The zero-order valence-corrected chi connectivity index (χ0v) is 12.8. The molecular formula is C17H13ClO4. The lowest BCUT2D eigenvalue weighted by molar-refractivity contribution is 0.434. The molecule has 0 amide bonds. The largest absolute Gasteiger partial charge is 0.508 e. The third-order valence-corrected chi connectivity index (χ3v) is 3.76. The molecule has 0 unspecified atom stereocenters. The summed E-state index contributed by atoms with van der Waals surface area (Å²) in [4.78, 5) is 12.6. The van der Waals surface area contributed by atoms with E-state index in [2.05, 4.69) is 0 Å². The van der Waals surface area contributed by atoms with Gasteiger partial charge in [-0.25, -0.2) is 0 Å². The Bertz CT molecular complexity index is 928. The molecule has 0 fully saturated rings. The molecule has 1 aromatic heterocycles. The molecule has 3 aromatic rings. The topological polar surface area (TPSA) is 59.7 Å². The van der Waals surface area contributed by atoms with E-state index in [1.165, 1.54) is 12.1 Å². The van der Waals surface area contributed by atoms with Gasteiger partial charge in [-0.15, -0.1) is 0 Å². The second-order valence-electron chi connectivity index (χ2n) is 4.94. The first-order chi connectivity index (χ1) is 10.5. The SMILES string of the molecule is Cc1oc2c(C)c(O)ccc2c(=O)c1Oc1ccccc1Cl. The van der Waals surface area contributed by atoms with E-state index in [-0.39, 0.29) is 16.9 Å². The minimum absolute atomic E-state index is 0.0785. The predicted octanol–water partition coefficient (Wildman–Crippen LogP) is 4.56. The Kier molecular flexibility index (Phi) is 3.54. The van der Waals surface area contributed by atoms with Crippen molar-refractivity contribution in [3.05, 3.63) is 63.0 Å². The smallest absolute Gasteiger partial charge is 0.235 e. The lowest BCUT2D eigenvalue weighted by atomic mass is 10.1. The first-order valence-corrected chi connectivity index (χ1v) is 7.05. The zero-order chi connectivity index (χ0) is 15.9. The monoisotopic (exact) mass is 316 g/mol. The Hall–Kier alpha value is -2.46. The van der Waals surface area contributed by atoms with Gasteiger partial charge in [-0.1, -0.05) is 23.7 Å². The Morgan fingerprint density at radius 2 is 1.86 bits per heavy atom. The van der Waals surface area contributed by atoms with Crippen LogP contribution in [0.1, 0.15) is 11.3 Å². The molecule has 0 aliphatic carbocycles. The molecule has 0 saturated heterocycles. The zero-order valence-electron chi connectivity index (χ0n) is 12.0. The van der Waals surface area contributed by atoms with E-state index < -0.39 is 0 Å². The molecule has 0 spiro atoms. The number of halogens is 1. The van der Waals surface area contributed by atoms with Crippen molar-refractivity contribution in [1.82, 2.24) is 0 Å². The fourth-order valence-corrected chi connectivity index (χ4v) is 2.40. The maximum atomic E-state index is 12.6. The van der Waals surface area contributed by atoms with Gasteiger partial charge in [0.25, 0.3) is 0 Å². The highest BCUT2D eigenvalue weighted by Crippen LogP contribution is 2.32. The van der Waals surface area contributed by atoms with Gasteiger partial charge in [-0.3, -0.25) is 4.79 Å². The first kappa shape index (κ1) is 14.5. The number of rotatable bonds is 2. The van der Waals surface area contributed by atoms with E-state index in [0.717, 1.165) is 0 Å². The first-order valence-electron chi connectivity index (χ1n) is 6.67. The third kappa shape index (κ3) is 2.31. The van der Waals surface area contributed by atoms with Crippen molar-refractivity contribution in [2.75, 3.05) is 0 Å². The van der Waals surface area contributed by atoms with Gasteiger partial charge >= 0.3 is 0 Å². The van der Waals surface area contributed by atoms with E-state index in [0.29, 0.717) is 33.1 Å². The van der Waals surface area contributed by atoms with Crippen LogP contribution in [0.3, 0.4) is 0 Å². The second kappa shape index (κ2) is 5.39. The highest BCUT2D eigenvalue weighted by atomic mass is 35.5. The second-order valence-corrected chi connectivity index (χ2v) is 5.34. The van der Waals surface area contributed by atoms with Gasteiger partial charge < -0.3 is 14.3 Å². The number of aryl methyl sites for hydroxylation is 2. The number of ether oxygens (including phenoxy) is 1. The summed E-state index contributed by atoms with van der Waals surface area (Å²) in [6.07, 6.45) is 0. The van der Waals surface area contributed by atoms with Crippen LogP contribution in [0.25, 0.3) is 11.0 Å². The van der Waals surface area contributed by atoms with Crippen LogP contribution in [-0.4, -0.2) is 5.11 Å². The lowest BCUT2D eigenvalue weighted by Crippen LogP contribution is -2.08. The van der Waals surface area contributed by atoms with Crippen molar-refractivity contribution in [1.29, 1.82) is 0 Å². The van der Waals surface area contributed by atoms with Crippen LogP contribution < -0.4 is 10.2 Å². The molecule has 0 radical (unpaired) electrons. The van der Waals surface area contributed by atoms with Gasteiger partial charge in [0.15, 0.2) is 0 Å². The highest BCUT2D eigenvalue weighted by molar-refractivity contribution is 6.32. The van der Waals surface area contributed by atoms with Crippen LogP contribution in [0.2, 0.25) is 5.02 Å².